The predicted octanol–water partition coefficient (Wildman–Crippen LogP) is 2.16. The minimum atomic E-state index is -1.06. The number of carboxylic acids is 1. The summed E-state index contributed by atoms with van der Waals surface area (Å²) in [5, 5.41) is 8.90. The van der Waals surface area contributed by atoms with Crippen LogP contribution in [0.4, 0.5) is 5.69 Å². The fourth-order valence-corrected chi connectivity index (χ4v) is 1.42. The summed E-state index contributed by atoms with van der Waals surface area (Å²) in [6, 6.07) is 4.70. The van der Waals surface area contributed by atoms with Crippen LogP contribution in [0.25, 0.3) is 0 Å². The normalized spacial score (nSPS) is 10.3. The summed E-state index contributed by atoms with van der Waals surface area (Å²) < 4.78 is 10.7. The summed E-state index contributed by atoms with van der Waals surface area (Å²) in [6.45, 7) is 3.64. The van der Waals surface area contributed by atoms with E-state index in [1.807, 2.05) is 0 Å². The van der Waals surface area contributed by atoms with Crippen LogP contribution in [-0.4, -0.2) is 30.9 Å². The van der Waals surface area contributed by atoms with Crippen molar-refractivity contribution in [3.8, 4) is 5.75 Å². The lowest BCUT2D eigenvalue weighted by molar-refractivity contribution is 0.0697. The summed E-state index contributed by atoms with van der Waals surface area (Å²) in [4.78, 5) is 10.9. The maximum Gasteiger partial charge on any atom is 0.337 e. The molecule has 0 fully saturated rings. The van der Waals surface area contributed by atoms with Gasteiger partial charge in [0.05, 0.1) is 17.9 Å². The summed E-state index contributed by atoms with van der Waals surface area (Å²) in [5.41, 5.74) is 5.91. The third-order valence-corrected chi connectivity index (χ3v) is 2.42. The van der Waals surface area contributed by atoms with Gasteiger partial charge in [0, 0.05) is 6.61 Å². The lowest BCUT2D eigenvalue weighted by Gasteiger charge is -2.10. The molecule has 0 atom stereocenters. The Kier molecular flexibility index (Phi) is 6.00. The number of unbranched alkanes of at least 4 members (excludes halogenated alkanes) is 1. The third kappa shape index (κ3) is 4.25. The van der Waals surface area contributed by atoms with E-state index in [1.54, 1.807) is 12.1 Å². The van der Waals surface area contributed by atoms with Crippen LogP contribution in [0.5, 0.6) is 5.75 Å². The number of hydrogen-bond acceptors (Lipinski definition) is 4. The molecule has 0 aliphatic heterocycles. The van der Waals surface area contributed by atoms with Gasteiger partial charge in [-0.05, 0) is 18.6 Å². The molecular weight excluding hydrogens is 234 g/mol. The lowest BCUT2D eigenvalue weighted by Crippen LogP contribution is -2.10. The fraction of sp³-hybridized carbons (Fsp3) is 0.462. The number of rotatable bonds is 8. The molecular formula is C13H19NO4. The van der Waals surface area contributed by atoms with E-state index in [4.69, 9.17) is 20.3 Å². The summed E-state index contributed by atoms with van der Waals surface area (Å²) in [5.74, 6) is -0.675. The Labute approximate surface area is 107 Å². The number of nitrogens with two attached hydrogens (primary N) is 1. The zero-order chi connectivity index (χ0) is 13.4. The second-order valence-electron chi connectivity index (χ2n) is 3.84. The van der Waals surface area contributed by atoms with Gasteiger partial charge >= 0.3 is 5.97 Å². The Morgan fingerprint density at radius 1 is 1.33 bits per heavy atom. The Morgan fingerprint density at radius 3 is 2.78 bits per heavy atom. The molecule has 0 aromatic heterocycles. The summed E-state index contributed by atoms with van der Waals surface area (Å²) in [7, 11) is 0. The summed E-state index contributed by atoms with van der Waals surface area (Å²) in [6.07, 6.45) is 2.12. The standard InChI is InChI=1S/C13H19NO4/c1-2-3-7-17-8-9-18-11-6-4-5-10(12(11)14)13(15)16/h4-6H,2-3,7-9,14H2,1H3,(H,15,16). The third-order valence-electron chi connectivity index (χ3n) is 2.42. The number of carboxylic acid groups (broad SMARTS) is 1. The van der Waals surface area contributed by atoms with Gasteiger partial charge in [-0.1, -0.05) is 19.4 Å². The molecule has 18 heavy (non-hydrogen) atoms. The lowest BCUT2D eigenvalue weighted by atomic mass is 10.1. The van der Waals surface area contributed by atoms with E-state index in [2.05, 4.69) is 6.92 Å². The molecule has 5 heteroatoms. The van der Waals surface area contributed by atoms with E-state index < -0.39 is 5.97 Å². The highest BCUT2D eigenvalue weighted by atomic mass is 16.5. The van der Waals surface area contributed by atoms with Gasteiger partial charge in [-0.2, -0.15) is 0 Å². The molecule has 0 unspecified atom stereocenters. The van der Waals surface area contributed by atoms with Crippen LogP contribution in [0.2, 0.25) is 0 Å². The quantitative estimate of drug-likeness (QED) is 0.548. The average Bonchev–Trinajstić information content (AvgIpc) is 2.35. The largest absolute Gasteiger partial charge is 0.489 e. The molecule has 0 spiro atoms. The highest BCUT2D eigenvalue weighted by molar-refractivity contribution is 5.95. The molecule has 0 aliphatic carbocycles. The van der Waals surface area contributed by atoms with Gasteiger partial charge in [0.1, 0.15) is 12.4 Å². The van der Waals surface area contributed by atoms with Crippen LogP contribution in [0.15, 0.2) is 18.2 Å². The zero-order valence-corrected chi connectivity index (χ0v) is 10.5. The number of ether oxygens (including phenoxy) is 2. The van der Waals surface area contributed by atoms with Crippen LogP contribution in [0.1, 0.15) is 30.1 Å². The van der Waals surface area contributed by atoms with Crippen molar-refractivity contribution in [1.29, 1.82) is 0 Å². The number of benzene rings is 1. The van der Waals surface area contributed by atoms with E-state index in [1.165, 1.54) is 6.07 Å². The van der Waals surface area contributed by atoms with Crippen LogP contribution < -0.4 is 10.5 Å². The van der Waals surface area contributed by atoms with Crippen molar-refractivity contribution in [2.75, 3.05) is 25.6 Å². The number of carbonyl (C=O) groups is 1. The number of aromatic carboxylic acids is 1. The Morgan fingerprint density at radius 2 is 2.11 bits per heavy atom. The van der Waals surface area contributed by atoms with Crippen molar-refractivity contribution in [3.05, 3.63) is 23.8 Å². The van der Waals surface area contributed by atoms with Crippen LogP contribution in [0.3, 0.4) is 0 Å². The van der Waals surface area contributed by atoms with Crippen molar-refractivity contribution in [1.82, 2.24) is 0 Å². The molecule has 1 rings (SSSR count). The van der Waals surface area contributed by atoms with Crippen LogP contribution >= 0.6 is 0 Å². The molecule has 0 amide bonds. The van der Waals surface area contributed by atoms with Crippen LogP contribution in [0, 0.1) is 0 Å². The predicted molar refractivity (Wildman–Crippen MR) is 69.0 cm³/mol. The number of anilines is 1. The molecule has 0 radical (unpaired) electrons. The Balaban J connectivity index is 2.43. The molecule has 0 aliphatic rings. The molecule has 0 saturated heterocycles. The zero-order valence-electron chi connectivity index (χ0n) is 10.5. The highest BCUT2D eigenvalue weighted by Crippen LogP contribution is 2.24. The number of hydrogen-bond donors (Lipinski definition) is 2. The van der Waals surface area contributed by atoms with Gasteiger partial charge in [0.25, 0.3) is 0 Å². The van der Waals surface area contributed by atoms with E-state index in [0.29, 0.717) is 25.6 Å². The first-order chi connectivity index (χ1) is 8.66. The topological polar surface area (TPSA) is 81.8 Å². The van der Waals surface area contributed by atoms with E-state index in [9.17, 15) is 4.79 Å². The van der Waals surface area contributed by atoms with E-state index in [0.717, 1.165) is 12.8 Å². The minimum absolute atomic E-state index is 0.0550. The Bertz CT molecular complexity index is 393. The average molecular weight is 253 g/mol. The van der Waals surface area contributed by atoms with Gasteiger partial charge in [-0.15, -0.1) is 0 Å². The summed E-state index contributed by atoms with van der Waals surface area (Å²) >= 11 is 0. The first-order valence-corrected chi connectivity index (χ1v) is 5.99. The molecule has 0 bridgehead atoms. The van der Waals surface area contributed by atoms with Gasteiger partial charge in [0.2, 0.25) is 0 Å². The van der Waals surface area contributed by atoms with Gasteiger partial charge in [-0.3, -0.25) is 0 Å². The van der Waals surface area contributed by atoms with E-state index >= 15 is 0 Å². The molecule has 3 N–H and O–H groups in total. The maximum absolute atomic E-state index is 10.9. The Hall–Kier alpha value is -1.75. The first kappa shape index (κ1) is 14.3. The van der Waals surface area contributed by atoms with E-state index in [-0.39, 0.29) is 11.3 Å². The van der Waals surface area contributed by atoms with Crippen molar-refractivity contribution in [2.24, 2.45) is 0 Å². The van der Waals surface area contributed by atoms with Crippen molar-refractivity contribution in [2.45, 2.75) is 19.8 Å². The second-order valence-corrected chi connectivity index (χ2v) is 3.84. The molecule has 0 saturated carbocycles. The van der Waals surface area contributed by atoms with Gasteiger partial charge in [0.15, 0.2) is 0 Å². The van der Waals surface area contributed by atoms with Crippen molar-refractivity contribution < 1.29 is 19.4 Å². The van der Waals surface area contributed by atoms with Crippen molar-refractivity contribution >= 4 is 11.7 Å². The molecule has 5 nitrogen and oxygen atoms in total. The monoisotopic (exact) mass is 253 g/mol. The SMILES string of the molecule is CCCCOCCOc1cccc(C(=O)O)c1N. The molecule has 1 aromatic carbocycles. The number of nitrogen functional groups attached to an aromatic ring is 1. The van der Waals surface area contributed by atoms with Gasteiger partial charge in [-0.25, -0.2) is 4.79 Å². The highest BCUT2D eigenvalue weighted by Gasteiger charge is 2.11. The maximum atomic E-state index is 10.9. The molecule has 0 heterocycles. The minimum Gasteiger partial charge on any atom is -0.489 e. The van der Waals surface area contributed by atoms with Crippen LogP contribution in [-0.2, 0) is 4.74 Å². The van der Waals surface area contributed by atoms with Crippen molar-refractivity contribution in [3.63, 3.8) is 0 Å². The van der Waals surface area contributed by atoms with Gasteiger partial charge < -0.3 is 20.3 Å². The first-order valence-electron chi connectivity index (χ1n) is 5.99. The smallest absolute Gasteiger partial charge is 0.337 e. The molecule has 100 valence electrons. The second kappa shape index (κ2) is 7.55. The number of para-hydroxylation sites is 1. The molecule has 1 aromatic rings. The fourth-order valence-electron chi connectivity index (χ4n) is 1.42.